The summed E-state index contributed by atoms with van der Waals surface area (Å²) in [7, 11) is 0. The highest BCUT2D eigenvalue weighted by atomic mass is 19.4. The third-order valence-corrected chi connectivity index (χ3v) is 2.83. The average molecular weight is 339 g/mol. The molecule has 0 atom stereocenters. The first-order chi connectivity index (χ1) is 11.3. The van der Waals surface area contributed by atoms with Gasteiger partial charge in [0.15, 0.2) is 5.69 Å². The Morgan fingerprint density at radius 3 is 2.29 bits per heavy atom. The van der Waals surface area contributed by atoms with Gasteiger partial charge in [0.1, 0.15) is 5.82 Å². The zero-order valence-corrected chi connectivity index (χ0v) is 13.0. The monoisotopic (exact) mass is 339 g/mol. The van der Waals surface area contributed by atoms with Crippen LogP contribution in [-0.4, -0.2) is 22.4 Å². The SMILES string of the molecule is CCNc1nc(Nc2ccc(NC(C)=O)cc2)cc(C(F)(F)F)n1. The normalized spacial score (nSPS) is 11.0. The van der Waals surface area contributed by atoms with Crippen molar-refractivity contribution < 1.29 is 18.0 Å². The van der Waals surface area contributed by atoms with Gasteiger partial charge in [0, 0.05) is 30.9 Å². The van der Waals surface area contributed by atoms with Gasteiger partial charge in [0.2, 0.25) is 11.9 Å². The molecule has 3 N–H and O–H groups in total. The molecule has 6 nitrogen and oxygen atoms in total. The number of halogens is 3. The zero-order chi connectivity index (χ0) is 17.7. The van der Waals surface area contributed by atoms with E-state index >= 15 is 0 Å². The molecule has 0 unspecified atom stereocenters. The maximum Gasteiger partial charge on any atom is 0.433 e. The molecule has 0 aliphatic rings. The summed E-state index contributed by atoms with van der Waals surface area (Å²) in [6.07, 6.45) is -4.57. The number of amides is 1. The third kappa shape index (κ3) is 4.83. The first-order valence-electron chi connectivity index (χ1n) is 7.12. The van der Waals surface area contributed by atoms with Gasteiger partial charge in [-0.1, -0.05) is 0 Å². The molecule has 1 amide bonds. The summed E-state index contributed by atoms with van der Waals surface area (Å²) in [6, 6.07) is 7.32. The zero-order valence-electron chi connectivity index (χ0n) is 13.0. The van der Waals surface area contributed by atoms with Crippen molar-refractivity contribution in [2.24, 2.45) is 0 Å². The van der Waals surface area contributed by atoms with Crippen LogP contribution in [0.25, 0.3) is 0 Å². The number of carbonyl (C=O) groups is 1. The highest BCUT2D eigenvalue weighted by molar-refractivity contribution is 5.88. The molecule has 128 valence electrons. The smallest absolute Gasteiger partial charge is 0.354 e. The number of nitrogens with one attached hydrogen (secondary N) is 3. The van der Waals surface area contributed by atoms with Crippen LogP contribution < -0.4 is 16.0 Å². The number of anilines is 4. The van der Waals surface area contributed by atoms with Crippen LogP contribution >= 0.6 is 0 Å². The van der Waals surface area contributed by atoms with E-state index in [2.05, 4.69) is 25.9 Å². The number of nitrogens with zero attached hydrogens (tertiary/aromatic N) is 2. The van der Waals surface area contributed by atoms with Crippen molar-refractivity contribution in [3.63, 3.8) is 0 Å². The molecule has 0 radical (unpaired) electrons. The minimum absolute atomic E-state index is 0.0144. The molecule has 0 saturated carbocycles. The molecule has 24 heavy (non-hydrogen) atoms. The lowest BCUT2D eigenvalue weighted by Gasteiger charge is -2.12. The summed E-state index contributed by atoms with van der Waals surface area (Å²) < 4.78 is 38.7. The standard InChI is InChI=1S/C15H16F3N5O/c1-3-19-14-22-12(15(16,17)18)8-13(23-14)21-11-6-4-10(5-7-11)20-9(2)24/h4-8H,3H2,1-2H3,(H,20,24)(H2,19,21,22,23). The molecule has 9 heteroatoms. The van der Waals surface area contributed by atoms with E-state index in [4.69, 9.17) is 0 Å². The lowest BCUT2D eigenvalue weighted by Crippen LogP contribution is -2.13. The van der Waals surface area contributed by atoms with Gasteiger partial charge in [-0.3, -0.25) is 4.79 Å². The lowest BCUT2D eigenvalue weighted by atomic mass is 10.2. The van der Waals surface area contributed by atoms with Gasteiger partial charge in [0.05, 0.1) is 0 Å². The highest BCUT2D eigenvalue weighted by Gasteiger charge is 2.33. The second-order valence-electron chi connectivity index (χ2n) is 4.87. The topological polar surface area (TPSA) is 78.9 Å². The van der Waals surface area contributed by atoms with Crippen molar-refractivity contribution in [2.75, 3.05) is 22.5 Å². The Bertz CT molecular complexity index is 716. The second kappa shape index (κ2) is 7.16. The molecule has 1 aromatic carbocycles. The van der Waals surface area contributed by atoms with Crippen LogP contribution in [0.15, 0.2) is 30.3 Å². The van der Waals surface area contributed by atoms with E-state index < -0.39 is 11.9 Å². The Morgan fingerprint density at radius 2 is 1.75 bits per heavy atom. The Labute approximate surface area is 136 Å². The number of benzene rings is 1. The highest BCUT2D eigenvalue weighted by Crippen LogP contribution is 2.30. The molecule has 0 fully saturated rings. The maximum atomic E-state index is 12.9. The first-order valence-corrected chi connectivity index (χ1v) is 7.12. The molecule has 2 aromatic rings. The van der Waals surface area contributed by atoms with E-state index in [-0.39, 0.29) is 17.7 Å². The molecular formula is C15H16F3N5O. The lowest BCUT2D eigenvalue weighted by molar-refractivity contribution is -0.141. The number of alkyl halides is 3. The van der Waals surface area contributed by atoms with Crippen molar-refractivity contribution in [3.05, 3.63) is 36.0 Å². The van der Waals surface area contributed by atoms with Gasteiger partial charge >= 0.3 is 6.18 Å². The Morgan fingerprint density at radius 1 is 1.12 bits per heavy atom. The fourth-order valence-electron chi connectivity index (χ4n) is 1.88. The van der Waals surface area contributed by atoms with Crippen LogP contribution in [0.1, 0.15) is 19.5 Å². The summed E-state index contributed by atoms with van der Waals surface area (Å²) in [5.74, 6) is -0.304. The van der Waals surface area contributed by atoms with Gasteiger partial charge in [-0.05, 0) is 31.2 Å². The Hall–Kier alpha value is -2.84. The molecule has 0 aliphatic heterocycles. The molecule has 0 aliphatic carbocycles. The van der Waals surface area contributed by atoms with Crippen molar-refractivity contribution in [1.29, 1.82) is 0 Å². The van der Waals surface area contributed by atoms with Crippen LogP contribution in [0.5, 0.6) is 0 Å². The predicted octanol–water partition coefficient (Wildman–Crippen LogP) is 3.63. The molecule has 1 heterocycles. The van der Waals surface area contributed by atoms with Crippen LogP contribution in [0, 0.1) is 0 Å². The molecule has 1 aromatic heterocycles. The minimum Gasteiger partial charge on any atom is -0.354 e. The van der Waals surface area contributed by atoms with Gasteiger partial charge in [-0.25, -0.2) is 4.98 Å². The summed E-state index contributed by atoms with van der Waals surface area (Å²) >= 11 is 0. The number of hydrogen-bond donors (Lipinski definition) is 3. The largest absolute Gasteiger partial charge is 0.433 e. The fourth-order valence-corrected chi connectivity index (χ4v) is 1.88. The van der Waals surface area contributed by atoms with Crippen LogP contribution in [0.4, 0.5) is 36.3 Å². The van der Waals surface area contributed by atoms with Crippen LogP contribution in [0.3, 0.4) is 0 Å². The van der Waals surface area contributed by atoms with E-state index in [0.29, 0.717) is 17.9 Å². The van der Waals surface area contributed by atoms with E-state index in [9.17, 15) is 18.0 Å². The summed E-state index contributed by atoms with van der Waals surface area (Å²) in [6.45, 7) is 3.51. The van der Waals surface area contributed by atoms with Gasteiger partial charge < -0.3 is 16.0 Å². The van der Waals surface area contributed by atoms with Crippen LogP contribution in [0.2, 0.25) is 0 Å². The van der Waals surface area contributed by atoms with E-state index in [0.717, 1.165) is 6.07 Å². The summed E-state index contributed by atoms with van der Waals surface area (Å²) in [4.78, 5) is 18.4. The second-order valence-corrected chi connectivity index (χ2v) is 4.87. The summed E-state index contributed by atoms with van der Waals surface area (Å²) in [5.41, 5.74) is 0.0734. The molecular weight excluding hydrogens is 323 g/mol. The van der Waals surface area contributed by atoms with E-state index in [1.807, 2.05) is 0 Å². The Balaban J connectivity index is 2.24. The van der Waals surface area contributed by atoms with E-state index in [1.54, 1.807) is 31.2 Å². The summed E-state index contributed by atoms with van der Waals surface area (Å²) in [5, 5.41) is 8.06. The molecule has 0 saturated heterocycles. The van der Waals surface area contributed by atoms with Crippen molar-refractivity contribution in [2.45, 2.75) is 20.0 Å². The predicted molar refractivity (Wildman–Crippen MR) is 85.2 cm³/mol. The van der Waals surface area contributed by atoms with Crippen molar-refractivity contribution >= 4 is 29.0 Å². The Kier molecular flexibility index (Phi) is 5.22. The number of hydrogen-bond acceptors (Lipinski definition) is 5. The van der Waals surface area contributed by atoms with Crippen LogP contribution in [-0.2, 0) is 11.0 Å². The average Bonchev–Trinajstić information content (AvgIpc) is 2.48. The molecule has 0 spiro atoms. The maximum absolute atomic E-state index is 12.9. The number of rotatable bonds is 5. The third-order valence-electron chi connectivity index (χ3n) is 2.83. The van der Waals surface area contributed by atoms with Gasteiger partial charge in [-0.2, -0.15) is 18.2 Å². The van der Waals surface area contributed by atoms with E-state index in [1.165, 1.54) is 6.92 Å². The minimum atomic E-state index is -4.57. The first kappa shape index (κ1) is 17.5. The van der Waals surface area contributed by atoms with Crippen molar-refractivity contribution in [3.8, 4) is 0 Å². The van der Waals surface area contributed by atoms with Gasteiger partial charge in [-0.15, -0.1) is 0 Å². The fraction of sp³-hybridized carbons (Fsp3) is 0.267. The van der Waals surface area contributed by atoms with Gasteiger partial charge in [0.25, 0.3) is 0 Å². The van der Waals surface area contributed by atoms with Crippen molar-refractivity contribution in [1.82, 2.24) is 9.97 Å². The number of aromatic nitrogens is 2. The molecule has 2 rings (SSSR count). The molecule has 0 bridgehead atoms. The number of carbonyl (C=O) groups excluding carboxylic acids is 1. The quantitative estimate of drug-likeness (QED) is 0.775.